The van der Waals surface area contributed by atoms with E-state index in [9.17, 15) is 0 Å². The van der Waals surface area contributed by atoms with Gasteiger partial charge in [0.25, 0.3) is 0 Å². The van der Waals surface area contributed by atoms with Gasteiger partial charge < -0.3 is 10.4 Å². The highest BCUT2D eigenvalue weighted by molar-refractivity contribution is 7.16. The number of para-hydroxylation sites is 1. The number of rotatable bonds is 0. The van der Waals surface area contributed by atoms with Crippen molar-refractivity contribution in [3.8, 4) is 0 Å². The van der Waals surface area contributed by atoms with Crippen LogP contribution in [0.2, 0.25) is 0 Å². The fraction of sp³-hybridized carbons (Fsp3) is 0.125. The number of hydrogen-bond donors (Lipinski definition) is 1. The molecule has 3 nitrogen and oxygen atoms in total. The molecule has 0 unspecified atom stereocenters. The molecular weight excluding hydrogens is 170 g/mol. The van der Waals surface area contributed by atoms with E-state index in [2.05, 4.69) is 17.2 Å². The second-order valence-corrected chi connectivity index (χ2v) is 3.55. The van der Waals surface area contributed by atoms with E-state index in [4.69, 9.17) is 5.84 Å². The Kier molecular flexibility index (Phi) is 1.62. The monoisotopic (exact) mass is 179 g/mol. The predicted molar refractivity (Wildman–Crippen MR) is 50.5 cm³/mol. The zero-order valence-corrected chi connectivity index (χ0v) is 7.51. The molecule has 0 bridgehead atoms. The lowest BCUT2D eigenvalue weighted by Crippen LogP contribution is -2.11. The van der Waals surface area contributed by atoms with Crippen molar-refractivity contribution < 1.29 is 0 Å². The van der Waals surface area contributed by atoms with E-state index in [0.29, 0.717) is 0 Å². The lowest BCUT2D eigenvalue weighted by atomic mass is 10.3. The van der Waals surface area contributed by atoms with Crippen LogP contribution in [-0.4, -0.2) is 4.57 Å². The van der Waals surface area contributed by atoms with Gasteiger partial charge in [-0.05, 0) is 12.1 Å². The van der Waals surface area contributed by atoms with Crippen molar-refractivity contribution in [2.75, 3.05) is 0 Å². The maximum Gasteiger partial charge on any atom is 0.208 e. The third kappa shape index (κ3) is 0.921. The van der Waals surface area contributed by atoms with Crippen LogP contribution in [0.5, 0.6) is 0 Å². The number of thiazole rings is 1. The second kappa shape index (κ2) is 2.64. The lowest BCUT2D eigenvalue weighted by Gasteiger charge is -1.91. The van der Waals surface area contributed by atoms with Crippen LogP contribution in [0.3, 0.4) is 0 Å². The minimum atomic E-state index is 0.844. The zero-order valence-electron chi connectivity index (χ0n) is 6.69. The molecule has 1 heterocycles. The molecular formula is C8H9N3S. The highest BCUT2D eigenvalue weighted by atomic mass is 32.1. The summed E-state index contributed by atoms with van der Waals surface area (Å²) in [5, 5.41) is 3.69. The van der Waals surface area contributed by atoms with Gasteiger partial charge in [0.05, 0.1) is 10.2 Å². The number of benzene rings is 1. The van der Waals surface area contributed by atoms with Crippen LogP contribution in [0.4, 0.5) is 0 Å². The SMILES string of the molecule is Cn1c(=NN)sc2ccccc21. The third-order valence-corrected chi connectivity index (χ3v) is 2.95. The molecule has 0 saturated carbocycles. The Bertz CT molecular complexity index is 466. The first kappa shape index (κ1) is 7.36. The molecule has 0 aliphatic heterocycles. The number of aromatic nitrogens is 1. The molecule has 12 heavy (non-hydrogen) atoms. The van der Waals surface area contributed by atoms with Crippen molar-refractivity contribution in [1.29, 1.82) is 0 Å². The van der Waals surface area contributed by atoms with Gasteiger partial charge in [0.15, 0.2) is 0 Å². The zero-order chi connectivity index (χ0) is 8.55. The fourth-order valence-electron chi connectivity index (χ4n) is 1.20. The Morgan fingerprint density at radius 1 is 1.42 bits per heavy atom. The molecule has 0 aliphatic carbocycles. The van der Waals surface area contributed by atoms with E-state index in [1.54, 1.807) is 11.3 Å². The van der Waals surface area contributed by atoms with Crippen LogP contribution in [-0.2, 0) is 7.05 Å². The fourth-order valence-corrected chi connectivity index (χ4v) is 2.14. The van der Waals surface area contributed by atoms with E-state index in [0.717, 1.165) is 4.80 Å². The molecule has 0 spiro atoms. The summed E-state index contributed by atoms with van der Waals surface area (Å²) in [4.78, 5) is 0.844. The predicted octanol–water partition coefficient (Wildman–Crippen LogP) is 1.01. The summed E-state index contributed by atoms with van der Waals surface area (Å²) < 4.78 is 3.20. The van der Waals surface area contributed by atoms with Crippen molar-refractivity contribution in [2.45, 2.75) is 0 Å². The van der Waals surface area contributed by atoms with Crippen molar-refractivity contribution in [2.24, 2.45) is 18.0 Å². The Morgan fingerprint density at radius 2 is 2.17 bits per heavy atom. The van der Waals surface area contributed by atoms with E-state index in [-0.39, 0.29) is 0 Å². The molecule has 0 atom stereocenters. The van der Waals surface area contributed by atoms with Crippen LogP contribution in [0.15, 0.2) is 29.4 Å². The number of nitrogens with two attached hydrogens (primary N) is 1. The van der Waals surface area contributed by atoms with Crippen molar-refractivity contribution in [3.05, 3.63) is 29.1 Å². The standard InChI is InChI=1S/C8H9N3S/c1-11-6-4-2-3-5-7(6)12-8(11)10-9/h2-5H,9H2,1H3. The van der Waals surface area contributed by atoms with Crippen LogP contribution in [0.1, 0.15) is 0 Å². The van der Waals surface area contributed by atoms with Gasteiger partial charge in [0.1, 0.15) is 0 Å². The molecule has 1 aromatic carbocycles. The molecule has 1 aromatic heterocycles. The lowest BCUT2D eigenvalue weighted by molar-refractivity contribution is 0.888. The van der Waals surface area contributed by atoms with Gasteiger partial charge in [-0.1, -0.05) is 23.5 Å². The van der Waals surface area contributed by atoms with Gasteiger partial charge in [-0.3, -0.25) is 0 Å². The van der Waals surface area contributed by atoms with E-state index >= 15 is 0 Å². The molecule has 2 rings (SSSR count). The van der Waals surface area contributed by atoms with E-state index in [1.165, 1.54) is 10.2 Å². The third-order valence-electron chi connectivity index (χ3n) is 1.83. The number of fused-ring (bicyclic) bond motifs is 1. The Hall–Kier alpha value is -1.29. The Morgan fingerprint density at radius 3 is 2.83 bits per heavy atom. The highest BCUT2D eigenvalue weighted by Gasteiger charge is 1.99. The van der Waals surface area contributed by atoms with Crippen molar-refractivity contribution >= 4 is 21.6 Å². The van der Waals surface area contributed by atoms with Gasteiger partial charge in [0, 0.05) is 7.05 Å². The first-order chi connectivity index (χ1) is 5.83. The van der Waals surface area contributed by atoms with Crippen LogP contribution in [0.25, 0.3) is 10.2 Å². The van der Waals surface area contributed by atoms with Gasteiger partial charge >= 0.3 is 0 Å². The van der Waals surface area contributed by atoms with E-state index < -0.39 is 0 Å². The summed E-state index contributed by atoms with van der Waals surface area (Å²) in [5.74, 6) is 5.23. The summed E-state index contributed by atoms with van der Waals surface area (Å²) in [7, 11) is 1.96. The summed E-state index contributed by atoms with van der Waals surface area (Å²) in [6, 6.07) is 8.14. The number of nitrogens with zero attached hydrogens (tertiary/aromatic N) is 2. The number of aryl methyl sites for hydroxylation is 1. The van der Waals surface area contributed by atoms with Gasteiger partial charge in [-0.15, -0.1) is 0 Å². The quantitative estimate of drug-likeness (QED) is 0.476. The Balaban J connectivity index is 2.98. The van der Waals surface area contributed by atoms with Crippen molar-refractivity contribution in [1.82, 2.24) is 4.57 Å². The first-order valence-corrected chi connectivity index (χ1v) is 4.43. The summed E-state index contributed by atoms with van der Waals surface area (Å²) in [5.41, 5.74) is 1.17. The van der Waals surface area contributed by atoms with Crippen LogP contribution in [0, 0.1) is 0 Å². The van der Waals surface area contributed by atoms with Crippen LogP contribution < -0.4 is 10.6 Å². The molecule has 0 fully saturated rings. The largest absolute Gasteiger partial charge is 0.320 e. The Labute approximate surface area is 73.8 Å². The minimum absolute atomic E-state index is 0.844. The molecule has 4 heteroatoms. The van der Waals surface area contributed by atoms with Crippen LogP contribution >= 0.6 is 11.3 Å². The molecule has 0 aliphatic rings. The van der Waals surface area contributed by atoms with E-state index in [1.807, 2.05) is 23.7 Å². The smallest absolute Gasteiger partial charge is 0.208 e. The average Bonchev–Trinajstić information content (AvgIpc) is 2.44. The first-order valence-electron chi connectivity index (χ1n) is 3.61. The normalized spacial score (nSPS) is 12.6. The molecule has 62 valence electrons. The van der Waals surface area contributed by atoms with Gasteiger partial charge in [-0.2, -0.15) is 5.10 Å². The molecule has 2 aromatic rings. The minimum Gasteiger partial charge on any atom is -0.320 e. The van der Waals surface area contributed by atoms with Gasteiger partial charge in [0.2, 0.25) is 4.80 Å². The average molecular weight is 179 g/mol. The summed E-state index contributed by atoms with van der Waals surface area (Å²) >= 11 is 1.60. The highest BCUT2D eigenvalue weighted by Crippen LogP contribution is 2.14. The maximum atomic E-state index is 5.23. The molecule has 0 radical (unpaired) electrons. The molecule has 0 saturated heterocycles. The topological polar surface area (TPSA) is 43.3 Å². The summed E-state index contributed by atoms with van der Waals surface area (Å²) in [6.45, 7) is 0. The maximum absolute atomic E-state index is 5.23. The van der Waals surface area contributed by atoms with Crippen molar-refractivity contribution in [3.63, 3.8) is 0 Å². The second-order valence-electron chi connectivity index (χ2n) is 2.54. The van der Waals surface area contributed by atoms with Gasteiger partial charge in [-0.25, -0.2) is 0 Å². The number of hydrogen-bond acceptors (Lipinski definition) is 3. The molecule has 2 N–H and O–H groups in total. The molecule has 0 amide bonds. The summed E-state index contributed by atoms with van der Waals surface area (Å²) in [6.07, 6.45) is 0.